The minimum Gasteiger partial charge on any atom is -0.497 e. The highest BCUT2D eigenvalue weighted by atomic mass is 16.5. The van der Waals surface area contributed by atoms with Crippen LogP contribution in [0.15, 0.2) is 24.3 Å². The lowest BCUT2D eigenvalue weighted by molar-refractivity contribution is -0.141. The first-order chi connectivity index (χ1) is 14.3. The van der Waals surface area contributed by atoms with Crippen molar-refractivity contribution >= 4 is 23.5 Å². The number of hydrogen-bond donors (Lipinski definition) is 1. The molecule has 3 aliphatic heterocycles. The molecule has 0 aromatic heterocycles. The third-order valence-corrected chi connectivity index (χ3v) is 7.37. The van der Waals surface area contributed by atoms with E-state index in [0.717, 1.165) is 25.8 Å². The Hall–Kier alpha value is -2.77. The molecule has 0 bridgehead atoms. The molecular formula is C22H30N4O4. The van der Waals surface area contributed by atoms with Crippen LogP contribution in [-0.4, -0.2) is 79.4 Å². The Balaban J connectivity index is 1.48. The molecule has 4 rings (SSSR count). The molecule has 1 aromatic carbocycles. The molecular weight excluding hydrogens is 384 g/mol. The van der Waals surface area contributed by atoms with E-state index in [1.807, 2.05) is 30.1 Å². The quantitative estimate of drug-likeness (QED) is 0.803. The van der Waals surface area contributed by atoms with E-state index < -0.39 is 5.41 Å². The first kappa shape index (κ1) is 20.5. The van der Waals surface area contributed by atoms with Crippen molar-refractivity contribution in [3.05, 3.63) is 24.3 Å². The van der Waals surface area contributed by atoms with Crippen LogP contribution >= 0.6 is 0 Å². The maximum Gasteiger partial charge on any atom is 0.321 e. The van der Waals surface area contributed by atoms with E-state index in [2.05, 4.69) is 5.32 Å². The monoisotopic (exact) mass is 414 g/mol. The summed E-state index contributed by atoms with van der Waals surface area (Å²) in [6.07, 6.45) is 2.23. The third kappa shape index (κ3) is 3.18. The van der Waals surface area contributed by atoms with Gasteiger partial charge >= 0.3 is 6.03 Å². The summed E-state index contributed by atoms with van der Waals surface area (Å²) in [6.45, 7) is 4.55. The van der Waals surface area contributed by atoms with E-state index in [1.54, 1.807) is 29.9 Å². The highest BCUT2D eigenvalue weighted by molar-refractivity contribution is 5.90. The Labute approximate surface area is 177 Å². The predicted molar refractivity (Wildman–Crippen MR) is 112 cm³/mol. The molecule has 1 atom stereocenters. The molecule has 2 spiro atoms. The maximum atomic E-state index is 13.2. The van der Waals surface area contributed by atoms with Gasteiger partial charge in [-0.1, -0.05) is 6.07 Å². The number of amides is 4. The third-order valence-electron chi connectivity index (χ3n) is 7.37. The molecule has 0 aliphatic carbocycles. The number of piperidine rings is 1. The van der Waals surface area contributed by atoms with Crippen LogP contribution < -0.4 is 10.1 Å². The minimum atomic E-state index is -0.511. The van der Waals surface area contributed by atoms with Gasteiger partial charge in [0.15, 0.2) is 0 Å². The average Bonchev–Trinajstić information content (AvgIpc) is 3.21. The lowest BCUT2D eigenvalue weighted by atomic mass is 9.60. The van der Waals surface area contributed by atoms with Crippen molar-refractivity contribution in [3.63, 3.8) is 0 Å². The van der Waals surface area contributed by atoms with Crippen molar-refractivity contribution in [2.24, 2.45) is 10.8 Å². The van der Waals surface area contributed by atoms with Crippen LogP contribution in [0, 0.1) is 10.8 Å². The van der Waals surface area contributed by atoms with Gasteiger partial charge in [0.05, 0.1) is 12.5 Å². The fraction of sp³-hybridized carbons (Fsp3) is 0.591. The molecule has 3 fully saturated rings. The molecule has 8 heteroatoms. The number of rotatable bonds is 2. The summed E-state index contributed by atoms with van der Waals surface area (Å²) in [6, 6.07) is 7.13. The Morgan fingerprint density at radius 1 is 1.07 bits per heavy atom. The lowest BCUT2D eigenvalue weighted by Gasteiger charge is -2.46. The molecule has 8 nitrogen and oxygen atoms in total. The van der Waals surface area contributed by atoms with Crippen LogP contribution in [0.3, 0.4) is 0 Å². The fourth-order valence-electron chi connectivity index (χ4n) is 5.54. The highest BCUT2D eigenvalue weighted by Gasteiger charge is 2.65. The molecule has 30 heavy (non-hydrogen) atoms. The Bertz CT molecular complexity index is 864. The van der Waals surface area contributed by atoms with Gasteiger partial charge in [-0.05, 0) is 31.4 Å². The molecule has 0 radical (unpaired) electrons. The smallest absolute Gasteiger partial charge is 0.321 e. The first-order valence-corrected chi connectivity index (χ1v) is 10.5. The molecule has 3 saturated heterocycles. The number of ether oxygens (including phenoxy) is 1. The van der Waals surface area contributed by atoms with Gasteiger partial charge in [0.1, 0.15) is 5.75 Å². The second kappa shape index (κ2) is 7.49. The SMILES string of the molecule is COc1cccc(NC(=O)N2CCC3(CC2)CN(C(C)=O)CC32CCN(C)C2=O)c1. The second-order valence-corrected chi connectivity index (χ2v) is 8.86. The number of fused-ring (bicyclic) bond motifs is 1. The van der Waals surface area contributed by atoms with Crippen LogP contribution in [0.5, 0.6) is 5.75 Å². The van der Waals surface area contributed by atoms with Crippen molar-refractivity contribution < 1.29 is 19.1 Å². The fourth-order valence-corrected chi connectivity index (χ4v) is 5.54. The number of nitrogens with zero attached hydrogens (tertiary/aromatic N) is 3. The predicted octanol–water partition coefficient (Wildman–Crippen LogP) is 2.02. The Morgan fingerprint density at radius 2 is 1.80 bits per heavy atom. The molecule has 162 valence electrons. The van der Waals surface area contributed by atoms with Crippen LogP contribution in [0.4, 0.5) is 10.5 Å². The van der Waals surface area contributed by atoms with Crippen molar-refractivity contribution in [2.75, 3.05) is 52.2 Å². The van der Waals surface area contributed by atoms with Crippen molar-refractivity contribution in [3.8, 4) is 5.75 Å². The zero-order chi connectivity index (χ0) is 21.5. The summed E-state index contributed by atoms with van der Waals surface area (Å²) in [5.74, 6) is 0.860. The number of methoxy groups -OCH3 is 1. The zero-order valence-corrected chi connectivity index (χ0v) is 17.9. The Morgan fingerprint density at radius 3 is 2.40 bits per heavy atom. The number of hydrogen-bond acceptors (Lipinski definition) is 4. The van der Waals surface area contributed by atoms with Crippen molar-refractivity contribution in [2.45, 2.75) is 26.2 Å². The molecule has 4 amide bonds. The van der Waals surface area contributed by atoms with E-state index >= 15 is 0 Å². The van der Waals surface area contributed by atoms with Crippen LogP contribution in [-0.2, 0) is 9.59 Å². The molecule has 3 aliphatic rings. The molecule has 1 aromatic rings. The van der Waals surface area contributed by atoms with E-state index in [1.165, 1.54) is 0 Å². The topological polar surface area (TPSA) is 82.2 Å². The molecule has 3 heterocycles. The summed E-state index contributed by atoms with van der Waals surface area (Å²) >= 11 is 0. The summed E-state index contributed by atoms with van der Waals surface area (Å²) in [5, 5.41) is 2.94. The maximum absolute atomic E-state index is 13.2. The first-order valence-electron chi connectivity index (χ1n) is 10.5. The van der Waals surface area contributed by atoms with E-state index in [4.69, 9.17) is 4.74 Å². The number of carbonyl (C=O) groups is 3. The van der Waals surface area contributed by atoms with Crippen LogP contribution in [0.25, 0.3) is 0 Å². The molecule has 1 N–H and O–H groups in total. The standard InChI is InChI=1S/C22H30N4O4/c1-16(27)26-14-21(22(15-26)9-10-24(2)19(22)28)7-11-25(12-8-21)20(29)23-17-5-4-6-18(13-17)30-3/h4-6,13H,7-12,14-15H2,1-3H3,(H,23,29). The number of carbonyl (C=O) groups excluding carboxylic acids is 3. The van der Waals surface area contributed by atoms with E-state index in [0.29, 0.717) is 37.6 Å². The van der Waals surface area contributed by atoms with Crippen molar-refractivity contribution in [1.29, 1.82) is 0 Å². The number of nitrogens with one attached hydrogen (secondary N) is 1. The van der Waals surface area contributed by atoms with Crippen LogP contribution in [0.2, 0.25) is 0 Å². The van der Waals surface area contributed by atoms with Gasteiger partial charge in [0, 0.05) is 63.9 Å². The summed E-state index contributed by atoms with van der Waals surface area (Å²) in [4.78, 5) is 43.6. The zero-order valence-electron chi connectivity index (χ0n) is 17.9. The molecule has 0 saturated carbocycles. The average molecular weight is 415 g/mol. The van der Waals surface area contributed by atoms with Gasteiger partial charge < -0.3 is 24.8 Å². The minimum absolute atomic E-state index is 0.0202. The van der Waals surface area contributed by atoms with Crippen molar-refractivity contribution in [1.82, 2.24) is 14.7 Å². The molecule has 1 unspecified atom stereocenters. The summed E-state index contributed by atoms with van der Waals surface area (Å²) in [5.41, 5.74) is -0.0805. The van der Waals surface area contributed by atoms with E-state index in [9.17, 15) is 14.4 Å². The van der Waals surface area contributed by atoms with Gasteiger partial charge in [-0.2, -0.15) is 0 Å². The summed E-state index contributed by atoms with van der Waals surface area (Å²) < 4.78 is 5.21. The number of benzene rings is 1. The largest absolute Gasteiger partial charge is 0.497 e. The number of urea groups is 1. The lowest BCUT2D eigenvalue weighted by Crippen LogP contribution is -2.54. The number of anilines is 1. The van der Waals surface area contributed by atoms with Gasteiger partial charge in [-0.25, -0.2) is 4.79 Å². The summed E-state index contributed by atoms with van der Waals surface area (Å²) in [7, 11) is 3.44. The van der Waals surface area contributed by atoms with Gasteiger partial charge in [-0.15, -0.1) is 0 Å². The number of likely N-dealkylation sites (tertiary alicyclic amines) is 3. The Kier molecular flexibility index (Phi) is 5.11. The van der Waals surface area contributed by atoms with Gasteiger partial charge in [0.2, 0.25) is 11.8 Å². The van der Waals surface area contributed by atoms with E-state index in [-0.39, 0.29) is 23.3 Å². The highest BCUT2D eigenvalue weighted by Crippen LogP contribution is 2.57. The van der Waals surface area contributed by atoms with Gasteiger partial charge in [0.25, 0.3) is 0 Å². The van der Waals surface area contributed by atoms with Crippen LogP contribution in [0.1, 0.15) is 26.2 Å². The van der Waals surface area contributed by atoms with Gasteiger partial charge in [-0.3, -0.25) is 9.59 Å². The normalized spacial score (nSPS) is 25.3. The second-order valence-electron chi connectivity index (χ2n) is 8.86.